The van der Waals surface area contributed by atoms with Crippen molar-refractivity contribution in [2.75, 3.05) is 18.1 Å². The number of nitrogen functional groups attached to an aromatic ring is 1. The normalized spacial score (nSPS) is 16.2. The smallest absolute Gasteiger partial charge is 0.215 e. The van der Waals surface area contributed by atoms with Gasteiger partial charge in [0, 0.05) is 11.7 Å². The number of nitrogens with two attached hydrogens (primary N) is 1. The summed E-state index contributed by atoms with van der Waals surface area (Å²) in [6.07, 6.45) is 2.99. The molecule has 0 heterocycles. The highest BCUT2D eigenvalue weighted by atomic mass is 32.2. The van der Waals surface area contributed by atoms with Crippen molar-refractivity contribution in [3.8, 4) is 5.75 Å². The van der Waals surface area contributed by atoms with Crippen LogP contribution < -0.4 is 15.2 Å². The fraction of sp³-hybridized carbons (Fsp3) is 0.500. The first-order chi connectivity index (χ1) is 8.55. The maximum absolute atomic E-state index is 11.7. The Morgan fingerprint density at radius 2 is 1.94 bits per heavy atom. The highest BCUT2D eigenvalue weighted by Crippen LogP contribution is 2.19. The van der Waals surface area contributed by atoms with Crippen LogP contribution in [0.2, 0.25) is 0 Å². The van der Waals surface area contributed by atoms with Gasteiger partial charge in [-0.3, -0.25) is 0 Å². The number of hydrogen-bond donors (Lipinski definition) is 2. The van der Waals surface area contributed by atoms with Gasteiger partial charge < -0.3 is 10.5 Å². The fourth-order valence-corrected chi connectivity index (χ4v) is 2.84. The Bertz CT molecular complexity index is 481. The Labute approximate surface area is 107 Å². The summed E-state index contributed by atoms with van der Waals surface area (Å²) in [6.45, 7) is 0.145. The molecular weight excluding hydrogens is 252 g/mol. The Kier molecular flexibility index (Phi) is 4.08. The van der Waals surface area contributed by atoms with E-state index in [0.29, 0.717) is 11.4 Å². The average molecular weight is 270 g/mol. The van der Waals surface area contributed by atoms with Crippen molar-refractivity contribution in [3.63, 3.8) is 0 Å². The van der Waals surface area contributed by atoms with Crippen LogP contribution in [-0.2, 0) is 10.0 Å². The van der Waals surface area contributed by atoms with E-state index in [4.69, 9.17) is 10.5 Å². The molecule has 0 amide bonds. The van der Waals surface area contributed by atoms with Gasteiger partial charge in [-0.2, -0.15) is 0 Å². The van der Waals surface area contributed by atoms with E-state index < -0.39 is 10.0 Å². The molecule has 0 saturated heterocycles. The second-order valence-corrected chi connectivity index (χ2v) is 6.36. The summed E-state index contributed by atoms with van der Waals surface area (Å²) in [5, 5.41) is 0. The number of anilines is 1. The van der Waals surface area contributed by atoms with Gasteiger partial charge in [-0.05, 0) is 37.1 Å². The first kappa shape index (κ1) is 13.2. The first-order valence-electron chi connectivity index (χ1n) is 6.03. The van der Waals surface area contributed by atoms with E-state index >= 15 is 0 Å². The SMILES string of the molecule is Nc1ccc(OCCS(=O)(=O)NC2CCC2)cc1. The number of nitrogens with one attached hydrogen (secondary N) is 1. The minimum atomic E-state index is -3.22. The highest BCUT2D eigenvalue weighted by Gasteiger charge is 2.23. The van der Waals surface area contributed by atoms with E-state index in [2.05, 4.69) is 4.72 Å². The lowest BCUT2D eigenvalue weighted by Crippen LogP contribution is -2.41. The highest BCUT2D eigenvalue weighted by molar-refractivity contribution is 7.89. The first-order valence-corrected chi connectivity index (χ1v) is 7.69. The Morgan fingerprint density at radius 3 is 2.50 bits per heavy atom. The molecule has 0 aliphatic heterocycles. The lowest BCUT2D eigenvalue weighted by Gasteiger charge is -2.26. The summed E-state index contributed by atoms with van der Waals surface area (Å²) >= 11 is 0. The van der Waals surface area contributed by atoms with Crippen molar-refractivity contribution >= 4 is 15.7 Å². The number of benzene rings is 1. The van der Waals surface area contributed by atoms with Gasteiger partial charge in [0.2, 0.25) is 10.0 Å². The van der Waals surface area contributed by atoms with Gasteiger partial charge in [0.1, 0.15) is 12.4 Å². The third-order valence-electron chi connectivity index (χ3n) is 2.95. The zero-order chi connectivity index (χ0) is 13.0. The molecule has 100 valence electrons. The van der Waals surface area contributed by atoms with Crippen molar-refractivity contribution in [2.24, 2.45) is 0 Å². The van der Waals surface area contributed by atoms with Crippen molar-refractivity contribution in [1.29, 1.82) is 0 Å². The van der Waals surface area contributed by atoms with Gasteiger partial charge in [0.05, 0.1) is 5.75 Å². The molecule has 6 heteroatoms. The molecule has 1 aromatic carbocycles. The van der Waals surface area contributed by atoms with Crippen molar-refractivity contribution in [3.05, 3.63) is 24.3 Å². The van der Waals surface area contributed by atoms with Gasteiger partial charge in [-0.1, -0.05) is 6.42 Å². The Morgan fingerprint density at radius 1 is 1.28 bits per heavy atom. The quantitative estimate of drug-likeness (QED) is 0.759. The Hall–Kier alpha value is -1.27. The molecular formula is C12H18N2O3S. The minimum absolute atomic E-state index is 0.0200. The molecule has 0 radical (unpaired) electrons. The van der Waals surface area contributed by atoms with Crippen LogP contribution in [0.5, 0.6) is 5.75 Å². The Balaban J connectivity index is 1.75. The third-order valence-corrected chi connectivity index (χ3v) is 4.35. The van der Waals surface area contributed by atoms with Crippen LogP contribution in [-0.4, -0.2) is 26.8 Å². The van der Waals surface area contributed by atoms with Gasteiger partial charge in [0.15, 0.2) is 0 Å². The summed E-state index contributed by atoms with van der Waals surface area (Å²) in [7, 11) is -3.22. The number of rotatable bonds is 6. The lowest BCUT2D eigenvalue weighted by molar-refractivity contribution is 0.337. The summed E-state index contributed by atoms with van der Waals surface area (Å²) in [4.78, 5) is 0. The monoisotopic (exact) mass is 270 g/mol. The van der Waals surface area contributed by atoms with E-state index in [-0.39, 0.29) is 18.4 Å². The topological polar surface area (TPSA) is 81.4 Å². The van der Waals surface area contributed by atoms with Gasteiger partial charge >= 0.3 is 0 Å². The summed E-state index contributed by atoms with van der Waals surface area (Å²) < 4.78 is 31.3. The third kappa shape index (κ3) is 3.89. The molecule has 1 aliphatic carbocycles. The summed E-state index contributed by atoms with van der Waals surface area (Å²) in [5.41, 5.74) is 6.19. The maximum atomic E-state index is 11.7. The maximum Gasteiger partial charge on any atom is 0.215 e. The van der Waals surface area contributed by atoms with E-state index in [9.17, 15) is 8.42 Å². The zero-order valence-corrected chi connectivity index (χ0v) is 10.9. The molecule has 3 N–H and O–H groups in total. The molecule has 0 spiro atoms. The second kappa shape index (κ2) is 5.58. The van der Waals surface area contributed by atoms with Gasteiger partial charge in [0.25, 0.3) is 0 Å². The van der Waals surface area contributed by atoms with Crippen molar-refractivity contribution < 1.29 is 13.2 Å². The number of hydrogen-bond acceptors (Lipinski definition) is 4. The van der Waals surface area contributed by atoms with Crippen LogP contribution >= 0.6 is 0 Å². The molecule has 0 bridgehead atoms. The van der Waals surface area contributed by atoms with E-state index in [1.54, 1.807) is 24.3 Å². The summed E-state index contributed by atoms with van der Waals surface area (Å²) in [6, 6.07) is 7.02. The van der Waals surface area contributed by atoms with Gasteiger partial charge in [-0.25, -0.2) is 13.1 Å². The zero-order valence-electron chi connectivity index (χ0n) is 10.1. The average Bonchev–Trinajstić information content (AvgIpc) is 2.27. The predicted octanol–water partition coefficient (Wildman–Crippen LogP) is 1.12. The van der Waals surface area contributed by atoms with Crippen molar-refractivity contribution in [2.45, 2.75) is 25.3 Å². The van der Waals surface area contributed by atoms with Crippen LogP contribution in [0.25, 0.3) is 0 Å². The molecule has 1 saturated carbocycles. The molecule has 0 unspecified atom stereocenters. The second-order valence-electron chi connectivity index (χ2n) is 4.48. The number of ether oxygens (including phenoxy) is 1. The molecule has 0 aromatic heterocycles. The van der Waals surface area contributed by atoms with E-state index in [0.717, 1.165) is 19.3 Å². The molecule has 1 aromatic rings. The minimum Gasteiger partial charge on any atom is -0.492 e. The molecule has 2 rings (SSSR count). The molecule has 0 atom stereocenters. The van der Waals surface area contributed by atoms with Gasteiger partial charge in [-0.15, -0.1) is 0 Å². The molecule has 5 nitrogen and oxygen atoms in total. The lowest BCUT2D eigenvalue weighted by atomic mass is 9.94. The molecule has 18 heavy (non-hydrogen) atoms. The molecule has 1 fully saturated rings. The van der Waals surface area contributed by atoms with E-state index in [1.165, 1.54) is 0 Å². The standard InChI is InChI=1S/C12H18N2O3S/c13-10-4-6-12(7-5-10)17-8-9-18(15,16)14-11-2-1-3-11/h4-7,11,14H,1-3,8-9,13H2. The number of sulfonamides is 1. The van der Waals surface area contributed by atoms with Crippen LogP contribution in [0, 0.1) is 0 Å². The molecule has 1 aliphatic rings. The fourth-order valence-electron chi connectivity index (χ4n) is 1.67. The van der Waals surface area contributed by atoms with Crippen LogP contribution in [0.1, 0.15) is 19.3 Å². The van der Waals surface area contributed by atoms with E-state index in [1.807, 2.05) is 0 Å². The van der Waals surface area contributed by atoms with Crippen LogP contribution in [0.3, 0.4) is 0 Å². The summed E-state index contributed by atoms with van der Waals surface area (Å²) in [5.74, 6) is 0.608. The van der Waals surface area contributed by atoms with Crippen LogP contribution in [0.4, 0.5) is 5.69 Å². The predicted molar refractivity (Wildman–Crippen MR) is 70.9 cm³/mol. The largest absolute Gasteiger partial charge is 0.492 e. The van der Waals surface area contributed by atoms with Crippen LogP contribution in [0.15, 0.2) is 24.3 Å². The van der Waals surface area contributed by atoms with Crippen molar-refractivity contribution in [1.82, 2.24) is 4.72 Å².